The zero-order valence-electron chi connectivity index (χ0n) is 7.95. The van der Waals surface area contributed by atoms with E-state index in [1.807, 2.05) is 0 Å². The van der Waals surface area contributed by atoms with E-state index in [9.17, 15) is 18.0 Å². The number of hydrogen-bond acceptors (Lipinski definition) is 4. The van der Waals surface area contributed by atoms with Crippen LogP contribution in [0.25, 0.3) is 11.4 Å². The van der Waals surface area contributed by atoms with Crippen LogP contribution in [-0.4, -0.2) is 26.4 Å². The molecule has 2 rings (SSSR count). The van der Waals surface area contributed by atoms with Crippen LogP contribution in [0.2, 0.25) is 0 Å². The molecule has 0 fully saturated rings. The van der Waals surface area contributed by atoms with E-state index in [4.69, 9.17) is 5.11 Å². The molecule has 0 unspecified atom stereocenters. The number of carboxylic acids is 1. The second kappa shape index (κ2) is 3.61. The number of halogens is 3. The first-order valence-corrected chi connectivity index (χ1v) is 4.21. The van der Waals surface area contributed by atoms with Crippen molar-refractivity contribution in [3.63, 3.8) is 0 Å². The summed E-state index contributed by atoms with van der Waals surface area (Å²) in [5, 5.41) is 17.0. The van der Waals surface area contributed by atoms with Crippen LogP contribution in [0.4, 0.5) is 13.2 Å². The zero-order valence-corrected chi connectivity index (χ0v) is 7.95. The number of carboxylic acid groups (broad SMARTS) is 1. The summed E-state index contributed by atoms with van der Waals surface area (Å²) in [5.41, 5.74) is -1.28. The van der Waals surface area contributed by atoms with Gasteiger partial charge in [0, 0.05) is 6.07 Å². The minimum Gasteiger partial charge on any atom is -0.475 e. The molecule has 0 spiro atoms. The van der Waals surface area contributed by atoms with Crippen molar-refractivity contribution in [2.24, 2.45) is 0 Å². The normalized spacial score (nSPS) is 11.7. The maximum Gasteiger partial charge on any atom is 0.432 e. The molecule has 9 heteroatoms. The quantitative estimate of drug-likeness (QED) is 0.843. The predicted octanol–water partition coefficient (Wildman–Crippen LogP) is 1.78. The highest BCUT2D eigenvalue weighted by molar-refractivity contribution is 5.85. The van der Waals surface area contributed by atoms with Gasteiger partial charge in [-0.3, -0.25) is 5.10 Å². The van der Waals surface area contributed by atoms with Gasteiger partial charge in [0.25, 0.3) is 0 Å². The number of alkyl halides is 3. The van der Waals surface area contributed by atoms with Crippen LogP contribution >= 0.6 is 0 Å². The van der Waals surface area contributed by atoms with Gasteiger partial charge in [-0.15, -0.1) is 0 Å². The molecule has 0 atom stereocenters. The first kappa shape index (κ1) is 11.2. The number of carbonyl (C=O) groups is 1. The number of aromatic carboxylic acids is 1. The van der Waals surface area contributed by atoms with Crippen LogP contribution in [0, 0.1) is 0 Å². The summed E-state index contributed by atoms with van der Waals surface area (Å²) in [6.45, 7) is 0. The van der Waals surface area contributed by atoms with Crippen LogP contribution in [0.1, 0.15) is 16.2 Å². The fraction of sp³-hybridized carbons (Fsp3) is 0.125. The number of rotatable bonds is 2. The lowest BCUT2D eigenvalue weighted by atomic mass is 10.2. The summed E-state index contributed by atoms with van der Waals surface area (Å²) in [6.07, 6.45) is -4.55. The maximum absolute atomic E-state index is 12.2. The van der Waals surface area contributed by atoms with Crippen LogP contribution in [0.5, 0.6) is 0 Å². The molecule has 0 saturated carbocycles. The van der Waals surface area contributed by atoms with Crippen molar-refractivity contribution in [3.05, 3.63) is 23.6 Å². The van der Waals surface area contributed by atoms with Crippen molar-refractivity contribution in [1.29, 1.82) is 0 Å². The number of hydrogen-bond donors (Lipinski definition) is 2. The van der Waals surface area contributed by atoms with Gasteiger partial charge in [-0.25, -0.2) is 4.79 Å². The Morgan fingerprint density at radius 3 is 2.53 bits per heavy atom. The van der Waals surface area contributed by atoms with E-state index in [1.54, 1.807) is 5.10 Å². The molecule has 0 bridgehead atoms. The molecule has 17 heavy (non-hydrogen) atoms. The summed E-state index contributed by atoms with van der Waals surface area (Å²) in [4.78, 5) is 10.5. The lowest BCUT2D eigenvalue weighted by molar-refractivity contribution is -0.141. The number of aromatic amines is 1. The maximum atomic E-state index is 12.2. The van der Waals surface area contributed by atoms with Crippen molar-refractivity contribution in [1.82, 2.24) is 15.4 Å². The monoisotopic (exact) mass is 247 g/mol. The molecule has 0 amide bonds. The fourth-order valence-electron chi connectivity index (χ4n) is 1.09. The smallest absolute Gasteiger partial charge is 0.432 e. The average molecular weight is 247 g/mol. The highest BCUT2D eigenvalue weighted by Crippen LogP contribution is 2.30. The van der Waals surface area contributed by atoms with Gasteiger partial charge < -0.3 is 9.63 Å². The summed E-state index contributed by atoms with van der Waals surface area (Å²) in [6, 6.07) is 1.70. The number of nitrogens with one attached hydrogen (secondary N) is 1. The predicted molar refractivity (Wildman–Crippen MR) is 46.0 cm³/mol. The van der Waals surface area contributed by atoms with Gasteiger partial charge in [0.15, 0.2) is 0 Å². The van der Waals surface area contributed by atoms with Crippen molar-refractivity contribution in [2.75, 3.05) is 0 Å². The third-order valence-electron chi connectivity index (χ3n) is 1.87. The van der Waals surface area contributed by atoms with E-state index in [0.717, 1.165) is 6.07 Å². The minimum atomic E-state index is -4.55. The number of nitrogens with zero attached hydrogens (tertiary/aromatic N) is 2. The van der Waals surface area contributed by atoms with Crippen LogP contribution < -0.4 is 0 Å². The molecule has 0 radical (unpaired) electrons. The Morgan fingerprint density at radius 2 is 2.06 bits per heavy atom. The molecule has 0 aliphatic heterocycles. The van der Waals surface area contributed by atoms with Gasteiger partial charge in [-0.1, -0.05) is 5.16 Å². The largest absolute Gasteiger partial charge is 0.475 e. The minimum absolute atomic E-state index is 0.0887. The molecular weight excluding hydrogens is 243 g/mol. The van der Waals surface area contributed by atoms with Gasteiger partial charge in [-0.05, 0) is 6.07 Å². The Labute approximate surface area is 91.0 Å². The Kier molecular flexibility index (Phi) is 2.37. The van der Waals surface area contributed by atoms with E-state index >= 15 is 0 Å². The number of aromatic nitrogens is 3. The first-order chi connectivity index (χ1) is 7.88. The molecule has 0 aliphatic carbocycles. The lowest BCUT2D eigenvalue weighted by Gasteiger charge is -1.99. The van der Waals surface area contributed by atoms with Gasteiger partial charge >= 0.3 is 12.1 Å². The van der Waals surface area contributed by atoms with Crippen molar-refractivity contribution < 1.29 is 27.6 Å². The molecule has 0 aliphatic rings. The summed E-state index contributed by atoms with van der Waals surface area (Å²) < 4.78 is 41.1. The van der Waals surface area contributed by atoms with E-state index in [0.29, 0.717) is 6.07 Å². The van der Waals surface area contributed by atoms with Gasteiger partial charge in [0.1, 0.15) is 17.1 Å². The molecule has 6 nitrogen and oxygen atoms in total. The molecule has 0 saturated heterocycles. The second-order valence-electron chi connectivity index (χ2n) is 3.05. The van der Waals surface area contributed by atoms with E-state index in [2.05, 4.69) is 14.8 Å². The third kappa shape index (κ3) is 2.12. The third-order valence-corrected chi connectivity index (χ3v) is 1.87. The van der Waals surface area contributed by atoms with E-state index in [-0.39, 0.29) is 11.4 Å². The Morgan fingerprint density at radius 1 is 1.35 bits per heavy atom. The SMILES string of the molecule is O=C(O)c1cc(-c2cc(C(F)(F)F)[nH]n2)no1. The average Bonchev–Trinajstić information content (AvgIpc) is 2.85. The van der Waals surface area contributed by atoms with Gasteiger partial charge in [-0.2, -0.15) is 18.3 Å². The fourth-order valence-corrected chi connectivity index (χ4v) is 1.09. The van der Waals surface area contributed by atoms with Gasteiger partial charge in [0.05, 0.1) is 0 Å². The topological polar surface area (TPSA) is 92.0 Å². The molecule has 2 aromatic heterocycles. The molecule has 2 N–H and O–H groups in total. The van der Waals surface area contributed by atoms with Crippen molar-refractivity contribution >= 4 is 5.97 Å². The van der Waals surface area contributed by atoms with Crippen LogP contribution in [0.15, 0.2) is 16.7 Å². The second-order valence-corrected chi connectivity index (χ2v) is 3.05. The standard InChI is InChI=1S/C8H4F3N3O3/c9-8(10,11)6-2-3(12-13-6)4-1-5(7(15)16)17-14-4/h1-2H,(H,12,13)(H,15,16). The first-order valence-electron chi connectivity index (χ1n) is 4.21. The summed E-state index contributed by atoms with van der Waals surface area (Å²) >= 11 is 0. The molecular formula is C8H4F3N3O3. The molecule has 90 valence electrons. The summed E-state index contributed by atoms with van der Waals surface area (Å²) in [5.74, 6) is -1.84. The highest BCUT2D eigenvalue weighted by Gasteiger charge is 2.33. The highest BCUT2D eigenvalue weighted by atomic mass is 19.4. The Hall–Kier alpha value is -2.32. The molecule has 0 aromatic carbocycles. The Bertz CT molecular complexity index is 558. The molecule has 2 heterocycles. The number of H-pyrrole nitrogens is 1. The van der Waals surface area contributed by atoms with Crippen LogP contribution in [0.3, 0.4) is 0 Å². The Balaban J connectivity index is 2.34. The van der Waals surface area contributed by atoms with Crippen molar-refractivity contribution in [2.45, 2.75) is 6.18 Å². The molecule has 2 aromatic rings. The van der Waals surface area contributed by atoms with E-state index in [1.165, 1.54) is 0 Å². The summed E-state index contributed by atoms with van der Waals surface area (Å²) in [7, 11) is 0. The van der Waals surface area contributed by atoms with E-state index < -0.39 is 23.6 Å². The lowest BCUT2D eigenvalue weighted by Crippen LogP contribution is -2.04. The van der Waals surface area contributed by atoms with Gasteiger partial charge in [0.2, 0.25) is 5.76 Å². The van der Waals surface area contributed by atoms with Crippen LogP contribution in [-0.2, 0) is 6.18 Å². The van der Waals surface area contributed by atoms with Crippen molar-refractivity contribution in [3.8, 4) is 11.4 Å². The zero-order chi connectivity index (χ0) is 12.6.